The van der Waals surface area contributed by atoms with E-state index in [1.807, 2.05) is 5.32 Å². The average molecular weight is 364 g/mol. The number of carbonyl (C=O) groups is 1. The number of hydrogen-bond acceptors (Lipinski definition) is 5. The summed E-state index contributed by atoms with van der Waals surface area (Å²) in [6.45, 7) is -1.01. The van der Waals surface area contributed by atoms with Gasteiger partial charge < -0.3 is 16.2 Å². The fourth-order valence-corrected chi connectivity index (χ4v) is 2.07. The van der Waals surface area contributed by atoms with Crippen molar-refractivity contribution in [3.05, 3.63) is 29.2 Å². The molecule has 0 unspecified atom stereocenters. The quantitative estimate of drug-likeness (QED) is 0.711. The number of rotatable bonds is 4. The second-order valence-corrected chi connectivity index (χ2v) is 5.31. The average Bonchev–Trinajstić information content (AvgIpc) is 2.91. The van der Waals surface area contributed by atoms with Crippen LogP contribution in [0.3, 0.4) is 0 Å². The molecule has 130 valence electrons. The predicted molar refractivity (Wildman–Crippen MR) is 80.3 cm³/mol. The number of amides is 1. The Morgan fingerprint density at radius 2 is 2.21 bits per heavy atom. The molecule has 0 aliphatic rings. The lowest BCUT2D eigenvalue weighted by molar-refractivity contribution is -0.201. The van der Waals surface area contributed by atoms with Gasteiger partial charge in [-0.3, -0.25) is 9.48 Å². The van der Waals surface area contributed by atoms with Crippen LogP contribution < -0.4 is 11.1 Å². The molecule has 2 aromatic rings. The molecule has 0 aliphatic carbocycles. The fraction of sp³-hybridized carbons (Fsp3) is 0.308. The summed E-state index contributed by atoms with van der Waals surface area (Å²) in [5.41, 5.74) is 6.34. The number of nitrogens with one attached hydrogen (secondary N) is 1. The normalized spacial score (nSPS) is 12.9. The van der Waals surface area contributed by atoms with Gasteiger partial charge in [0.05, 0.1) is 29.7 Å². The number of carbonyl (C=O) groups excluding carboxylic acids is 1. The molecule has 1 atom stereocenters. The first-order valence-electron chi connectivity index (χ1n) is 6.57. The summed E-state index contributed by atoms with van der Waals surface area (Å²) in [7, 11) is 1.66. The highest BCUT2D eigenvalue weighted by molar-refractivity contribution is 6.30. The monoisotopic (exact) mass is 363 g/mol. The molecule has 4 N–H and O–H groups in total. The van der Waals surface area contributed by atoms with Crippen LogP contribution in [-0.2, 0) is 7.05 Å². The number of alkyl halides is 3. The van der Waals surface area contributed by atoms with E-state index in [0.717, 1.165) is 6.07 Å². The number of hydrogen-bond donors (Lipinski definition) is 3. The highest BCUT2D eigenvalue weighted by Gasteiger charge is 2.38. The summed E-state index contributed by atoms with van der Waals surface area (Å²) in [4.78, 5) is 16.1. The molecule has 1 amide bonds. The third-order valence-corrected chi connectivity index (χ3v) is 3.28. The molecular weight excluding hydrogens is 351 g/mol. The number of pyridine rings is 1. The molecule has 2 aromatic heterocycles. The van der Waals surface area contributed by atoms with Gasteiger partial charge in [0.1, 0.15) is 5.15 Å². The van der Waals surface area contributed by atoms with Crippen molar-refractivity contribution in [2.75, 3.05) is 12.3 Å². The van der Waals surface area contributed by atoms with E-state index >= 15 is 0 Å². The number of halogens is 4. The van der Waals surface area contributed by atoms with Crippen LogP contribution in [0.5, 0.6) is 0 Å². The van der Waals surface area contributed by atoms with Gasteiger partial charge in [0.15, 0.2) is 6.10 Å². The Morgan fingerprint density at radius 1 is 1.54 bits per heavy atom. The van der Waals surface area contributed by atoms with Crippen LogP contribution in [0.2, 0.25) is 5.15 Å². The van der Waals surface area contributed by atoms with E-state index < -0.39 is 24.7 Å². The summed E-state index contributed by atoms with van der Waals surface area (Å²) in [6, 6.07) is 1.13. The molecule has 0 fully saturated rings. The van der Waals surface area contributed by atoms with Gasteiger partial charge in [0.2, 0.25) is 0 Å². The summed E-state index contributed by atoms with van der Waals surface area (Å²) in [6.07, 6.45) is -4.48. The number of nitrogens with zero attached hydrogens (tertiary/aromatic N) is 3. The maximum absolute atomic E-state index is 12.3. The van der Waals surface area contributed by atoms with Crippen molar-refractivity contribution in [1.29, 1.82) is 0 Å². The van der Waals surface area contributed by atoms with E-state index in [1.54, 1.807) is 13.2 Å². The van der Waals surface area contributed by atoms with Crippen LogP contribution in [0.4, 0.5) is 18.9 Å². The number of anilines is 1. The van der Waals surface area contributed by atoms with E-state index in [9.17, 15) is 18.0 Å². The minimum Gasteiger partial charge on any atom is -0.396 e. The van der Waals surface area contributed by atoms with E-state index in [4.69, 9.17) is 22.4 Å². The van der Waals surface area contributed by atoms with Crippen molar-refractivity contribution in [2.45, 2.75) is 12.3 Å². The van der Waals surface area contributed by atoms with Gasteiger partial charge in [-0.25, -0.2) is 4.98 Å². The molecule has 2 heterocycles. The predicted octanol–water partition coefficient (Wildman–Crippen LogP) is 1.37. The summed E-state index contributed by atoms with van der Waals surface area (Å²) in [5.74, 6) is -0.912. The fourth-order valence-electron chi connectivity index (χ4n) is 1.88. The lowest BCUT2D eigenvalue weighted by Crippen LogP contribution is -2.40. The zero-order valence-corrected chi connectivity index (χ0v) is 13.1. The number of nitrogen functional groups attached to an aromatic ring is 1. The van der Waals surface area contributed by atoms with Crippen molar-refractivity contribution in [1.82, 2.24) is 20.1 Å². The van der Waals surface area contributed by atoms with Gasteiger partial charge in [-0.05, 0) is 6.07 Å². The Hall–Kier alpha value is -2.33. The summed E-state index contributed by atoms with van der Waals surface area (Å²) >= 11 is 5.85. The maximum Gasteiger partial charge on any atom is 0.416 e. The summed E-state index contributed by atoms with van der Waals surface area (Å²) < 4.78 is 38.3. The van der Waals surface area contributed by atoms with Crippen molar-refractivity contribution >= 4 is 23.2 Å². The van der Waals surface area contributed by atoms with Crippen molar-refractivity contribution in [2.24, 2.45) is 7.05 Å². The molecule has 0 saturated carbocycles. The second-order valence-electron chi connectivity index (χ2n) is 4.92. The maximum atomic E-state index is 12.3. The molecule has 24 heavy (non-hydrogen) atoms. The molecule has 0 radical (unpaired) electrons. The number of aliphatic hydroxyl groups is 1. The molecule has 11 heteroatoms. The van der Waals surface area contributed by atoms with E-state index in [2.05, 4.69) is 10.1 Å². The zero-order chi connectivity index (χ0) is 18.1. The van der Waals surface area contributed by atoms with Crippen molar-refractivity contribution < 1.29 is 23.1 Å². The number of aromatic nitrogens is 3. The molecule has 7 nitrogen and oxygen atoms in total. The third-order valence-electron chi connectivity index (χ3n) is 3.08. The first-order chi connectivity index (χ1) is 11.1. The molecule has 0 aromatic carbocycles. The zero-order valence-electron chi connectivity index (χ0n) is 12.3. The van der Waals surface area contributed by atoms with Crippen LogP contribution >= 0.6 is 11.6 Å². The number of nitrogens with two attached hydrogens (primary N) is 1. The molecule has 0 saturated heterocycles. The lowest BCUT2D eigenvalue weighted by atomic mass is 10.1. The lowest BCUT2D eigenvalue weighted by Gasteiger charge is -2.16. The highest BCUT2D eigenvalue weighted by atomic mass is 35.5. The standard InChI is InChI=1S/C13H13ClF3N5O2/c1-22-5-6(3-20-22)11-10(18)7(2-9(14)21-11)12(24)19-4-8(23)13(15,16)17/h2-3,5,8,23H,4,18H2,1H3,(H,19,24)/t8-/m0/s1. The second kappa shape index (κ2) is 6.65. The van der Waals surface area contributed by atoms with Crippen LogP contribution in [0.25, 0.3) is 11.3 Å². The molecule has 2 rings (SSSR count). The minimum absolute atomic E-state index is 0.0635. The van der Waals surface area contributed by atoms with Crippen LogP contribution in [0, 0.1) is 0 Å². The highest BCUT2D eigenvalue weighted by Crippen LogP contribution is 2.29. The Morgan fingerprint density at radius 3 is 2.75 bits per heavy atom. The molecule has 0 aliphatic heterocycles. The van der Waals surface area contributed by atoms with Crippen molar-refractivity contribution in [3.8, 4) is 11.3 Å². The van der Waals surface area contributed by atoms with E-state index in [0.29, 0.717) is 5.56 Å². The molecule has 0 spiro atoms. The van der Waals surface area contributed by atoms with Gasteiger partial charge in [-0.1, -0.05) is 11.6 Å². The first kappa shape index (κ1) is 18.0. The Kier molecular flexibility index (Phi) is 4.99. The minimum atomic E-state index is -4.84. The number of aliphatic hydroxyl groups excluding tert-OH is 1. The summed E-state index contributed by atoms with van der Waals surface area (Å²) in [5, 5.41) is 14.8. The largest absolute Gasteiger partial charge is 0.416 e. The SMILES string of the molecule is Cn1cc(-c2nc(Cl)cc(C(=O)NC[C@H](O)C(F)(F)F)c2N)cn1. The van der Waals surface area contributed by atoms with Crippen LogP contribution in [0.15, 0.2) is 18.5 Å². The topological polar surface area (TPSA) is 106 Å². The van der Waals surface area contributed by atoms with Crippen LogP contribution in [0.1, 0.15) is 10.4 Å². The van der Waals surface area contributed by atoms with Crippen molar-refractivity contribution in [3.63, 3.8) is 0 Å². The van der Waals surface area contributed by atoms with Crippen LogP contribution in [-0.4, -0.2) is 44.6 Å². The van der Waals surface area contributed by atoms with Gasteiger partial charge in [-0.15, -0.1) is 0 Å². The smallest absolute Gasteiger partial charge is 0.396 e. The van der Waals surface area contributed by atoms with Gasteiger partial charge in [-0.2, -0.15) is 18.3 Å². The van der Waals surface area contributed by atoms with E-state index in [-0.39, 0.29) is 22.1 Å². The molecular formula is C13H13ClF3N5O2. The van der Waals surface area contributed by atoms with E-state index in [1.165, 1.54) is 10.9 Å². The number of aryl methyl sites for hydroxylation is 1. The third kappa shape index (κ3) is 3.95. The first-order valence-corrected chi connectivity index (χ1v) is 6.95. The van der Waals surface area contributed by atoms with Gasteiger partial charge in [0, 0.05) is 18.8 Å². The Labute approximate surface area is 139 Å². The Balaban J connectivity index is 2.27. The van der Waals surface area contributed by atoms with Gasteiger partial charge >= 0.3 is 6.18 Å². The Bertz CT molecular complexity index is 763. The van der Waals surface area contributed by atoms with Gasteiger partial charge in [0.25, 0.3) is 5.91 Å². The molecule has 0 bridgehead atoms.